The molecule has 2 N–H and O–H groups in total. The minimum Gasteiger partial charge on any atom is -0.415 e. The topological polar surface area (TPSA) is 74.2 Å². The zero-order chi connectivity index (χ0) is 8.81. The predicted molar refractivity (Wildman–Crippen MR) is 44.8 cm³/mol. The first-order valence-corrected chi connectivity index (χ1v) is 4.49. The Morgan fingerprint density at radius 2 is 2.42 bits per heavy atom. The summed E-state index contributed by atoms with van der Waals surface area (Å²) in [4.78, 5) is 0. The summed E-state index contributed by atoms with van der Waals surface area (Å²) >= 11 is 1.46. The van der Waals surface area contributed by atoms with E-state index in [0.29, 0.717) is 17.7 Å². The number of nitrogens with zero attached hydrogens (tertiary/aromatic N) is 2. The molecule has 5 nitrogen and oxygen atoms in total. The van der Waals surface area contributed by atoms with Gasteiger partial charge in [0.1, 0.15) is 0 Å². The Balaban J connectivity index is 2.31. The molecule has 6 heteroatoms. The zero-order valence-electron chi connectivity index (χ0n) is 6.82. The lowest BCUT2D eigenvalue weighted by molar-refractivity contribution is 0.218. The van der Waals surface area contributed by atoms with Gasteiger partial charge in [-0.2, -0.15) is 0 Å². The van der Waals surface area contributed by atoms with Crippen molar-refractivity contribution in [2.75, 3.05) is 19.5 Å². The predicted octanol–water partition coefficient (Wildman–Crippen LogP) is 0.267. The van der Waals surface area contributed by atoms with Crippen molar-refractivity contribution in [2.24, 2.45) is 5.73 Å². The van der Waals surface area contributed by atoms with Crippen molar-refractivity contribution in [2.45, 2.75) is 11.8 Å². The monoisotopic (exact) mass is 189 g/mol. The minimum atomic E-state index is 0.290. The second-order valence-electron chi connectivity index (χ2n) is 2.01. The van der Waals surface area contributed by atoms with Gasteiger partial charge < -0.3 is 14.9 Å². The zero-order valence-corrected chi connectivity index (χ0v) is 7.63. The van der Waals surface area contributed by atoms with Gasteiger partial charge >= 0.3 is 0 Å². The first kappa shape index (κ1) is 9.50. The van der Waals surface area contributed by atoms with Crippen molar-refractivity contribution in [3.05, 3.63) is 5.89 Å². The van der Waals surface area contributed by atoms with Gasteiger partial charge in [-0.3, -0.25) is 0 Å². The minimum absolute atomic E-state index is 0.290. The summed E-state index contributed by atoms with van der Waals surface area (Å²) < 4.78 is 10.0. The Hall–Kier alpha value is -0.590. The molecule has 1 rings (SSSR count). The van der Waals surface area contributed by atoms with Crippen LogP contribution in [0.1, 0.15) is 5.89 Å². The van der Waals surface area contributed by atoms with E-state index in [1.165, 1.54) is 11.8 Å². The molecule has 1 aromatic rings. The summed E-state index contributed by atoms with van der Waals surface area (Å²) in [5.41, 5.74) is 5.29. The highest BCUT2D eigenvalue weighted by Gasteiger charge is 2.03. The summed E-state index contributed by atoms with van der Waals surface area (Å²) in [5.74, 6) is 1.28. The van der Waals surface area contributed by atoms with Crippen LogP contribution in [0, 0.1) is 0 Å². The average molecular weight is 189 g/mol. The van der Waals surface area contributed by atoms with Crippen LogP contribution in [-0.4, -0.2) is 29.7 Å². The van der Waals surface area contributed by atoms with E-state index in [-0.39, 0.29) is 6.54 Å². The van der Waals surface area contributed by atoms with Gasteiger partial charge in [0.15, 0.2) is 0 Å². The highest BCUT2D eigenvalue weighted by molar-refractivity contribution is 7.99. The van der Waals surface area contributed by atoms with Gasteiger partial charge in [-0.25, -0.2) is 0 Å². The third kappa shape index (κ3) is 2.80. The van der Waals surface area contributed by atoms with E-state index >= 15 is 0 Å². The number of methoxy groups -OCH3 is 1. The molecular weight excluding hydrogens is 178 g/mol. The smallest absolute Gasteiger partial charge is 0.276 e. The number of nitrogens with two attached hydrogens (primary N) is 1. The Bertz CT molecular complexity index is 228. The maximum atomic E-state index is 5.29. The SMILES string of the molecule is COCCSc1nnc(CN)o1. The van der Waals surface area contributed by atoms with Crippen LogP contribution >= 0.6 is 11.8 Å². The molecule has 0 bridgehead atoms. The number of ether oxygens (including phenoxy) is 1. The van der Waals surface area contributed by atoms with Gasteiger partial charge in [0, 0.05) is 12.9 Å². The van der Waals surface area contributed by atoms with E-state index in [0.717, 1.165) is 5.75 Å². The van der Waals surface area contributed by atoms with Crippen LogP contribution in [-0.2, 0) is 11.3 Å². The molecule has 0 saturated heterocycles. The van der Waals surface area contributed by atoms with Gasteiger partial charge in [0.2, 0.25) is 5.89 Å². The molecule has 0 aliphatic rings. The first-order valence-electron chi connectivity index (χ1n) is 3.51. The number of hydrogen-bond donors (Lipinski definition) is 1. The van der Waals surface area contributed by atoms with Crippen molar-refractivity contribution in [1.29, 1.82) is 0 Å². The third-order valence-corrected chi connectivity index (χ3v) is 1.92. The lowest BCUT2D eigenvalue weighted by Gasteiger charge is -1.93. The van der Waals surface area contributed by atoms with Crippen molar-refractivity contribution < 1.29 is 9.15 Å². The summed E-state index contributed by atoms with van der Waals surface area (Å²) in [6.45, 7) is 0.961. The number of thioether (sulfide) groups is 1. The van der Waals surface area contributed by atoms with Gasteiger partial charge in [-0.15, -0.1) is 10.2 Å². The Morgan fingerprint density at radius 1 is 1.58 bits per heavy atom. The van der Waals surface area contributed by atoms with E-state index in [4.69, 9.17) is 14.9 Å². The molecule has 0 atom stereocenters. The second-order valence-corrected chi connectivity index (χ2v) is 3.05. The van der Waals surface area contributed by atoms with E-state index in [1.807, 2.05) is 0 Å². The highest BCUT2D eigenvalue weighted by Crippen LogP contribution is 2.14. The molecule has 0 spiro atoms. The Morgan fingerprint density at radius 3 is 3.00 bits per heavy atom. The maximum absolute atomic E-state index is 5.29. The third-order valence-electron chi connectivity index (χ3n) is 1.14. The van der Waals surface area contributed by atoms with Gasteiger partial charge in [0.25, 0.3) is 5.22 Å². The van der Waals surface area contributed by atoms with Crippen molar-refractivity contribution in [1.82, 2.24) is 10.2 Å². The number of aromatic nitrogens is 2. The maximum Gasteiger partial charge on any atom is 0.276 e. The molecule has 0 aliphatic heterocycles. The van der Waals surface area contributed by atoms with E-state index in [1.54, 1.807) is 7.11 Å². The normalized spacial score (nSPS) is 10.5. The van der Waals surface area contributed by atoms with Crippen LogP contribution in [0.15, 0.2) is 9.64 Å². The molecule has 12 heavy (non-hydrogen) atoms. The highest BCUT2D eigenvalue weighted by atomic mass is 32.2. The molecular formula is C6H11N3O2S. The van der Waals surface area contributed by atoms with Crippen molar-refractivity contribution >= 4 is 11.8 Å². The quantitative estimate of drug-likeness (QED) is 0.529. The lowest BCUT2D eigenvalue weighted by atomic mass is 10.7. The van der Waals surface area contributed by atoms with Crippen LogP contribution in [0.5, 0.6) is 0 Å². The lowest BCUT2D eigenvalue weighted by Crippen LogP contribution is -1.95. The fourth-order valence-electron chi connectivity index (χ4n) is 0.591. The molecule has 0 aliphatic carbocycles. The molecule has 0 unspecified atom stereocenters. The Kier molecular flexibility index (Phi) is 4.06. The largest absolute Gasteiger partial charge is 0.415 e. The van der Waals surface area contributed by atoms with Gasteiger partial charge in [-0.1, -0.05) is 11.8 Å². The fraction of sp³-hybridized carbons (Fsp3) is 0.667. The molecule has 0 radical (unpaired) electrons. The van der Waals surface area contributed by atoms with E-state index < -0.39 is 0 Å². The molecule has 0 amide bonds. The average Bonchev–Trinajstić information content (AvgIpc) is 2.53. The molecule has 0 saturated carbocycles. The van der Waals surface area contributed by atoms with Crippen LogP contribution in [0.4, 0.5) is 0 Å². The first-order chi connectivity index (χ1) is 5.86. The van der Waals surface area contributed by atoms with Crippen LogP contribution in [0.3, 0.4) is 0 Å². The molecule has 1 aromatic heterocycles. The van der Waals surface area contributed by atoms with Gasteiger partial charge in [0.05, 0.1) is 13.2 Å². The molecule has 68 valence electrons. The molecule has 0 aromatic carbocycles. The van der Waals surface area contributed by atoms with E-state index in [9.17, 15) is 0 Å². The van der Waals surface area contributed by atoms with Crippen LogP contribution in [0.25, 0.3) is 0 Å². The van der Waals surface area contributed by atoms with Crippen molar-refractivity contribution in [3.63, 3.8) is 0 Å². The van der Waals surface area contributed by atoms with Crippen molar-refractivity contribution in [3.8, 4) is 0 Å². The number of rotatable bonds is 5. The summed E-state index contributed by atoms with van der Waals surface area (Å²) in [6.07, 6.45) is 0. The Labute approximate surface area is 74.7 Å². The van der Waals surface area contributed by atoms with Crippen LogP contribution in [0.2, 0.25) is 0 Å². The molecule has 0 fully saturated rings. The van der Waals surface area contributed by atoms with E-state index in [2.05, 4.69) is 10.2 Å². The second kappa shape index (κ2) is 5.13. The fourth-order valence-corrected chi connectivity index (χ4v) is 1.27. The summed E-state index contributed by atoms with van der Waals surface area (Å²) in [7, 11) is 1.65. The standard InChI is InChI=1S/C6H11N3O2S/c1-10-2-3-12-6-9-8-5(4-7)11-6/h2-4,7H2,1H3. The number of hydrogen-bond acceptors (Lipinski definition) is 6. The summed E-state index contributed by atoms with van der Waals surface area (Å²) in [6, 6.07) is 0. The van der Waals surface area contributed by atoms with Gasteiger partial charge in [-0.05, 0) is 0 Å². The molecule has 1 heterocycles. The van der Waals surface area contributed by atoms with Crippen LogP contribution < -0.4 is 5.73 Å². The summed E-state index contributed by atoms with van der Waals surface area (Å²) in [5, 5.41) is 8.03.